The third-order valence-electron chi connectivity index (χ3n) is 6.88. The van der Waals surface area contributed by atoms with E-state index in [0.717, 1.165) is 62.1 Å². The molecular formula is C24H37N3O4. The standard InChI is InChI=1S/C24H37N3O4/c1-5-31-24(30)22-17(3)20(18(4)25-22)8-9-21(28)27-12-6-7-19(15-27)23(29)26-13-10-16(2)11-14-26/h16,19,25H,5-15H2,1-4H3. The summed E-state index contributed by atoms with van der Waals surface area (Å²) < 4.78 is 5.11. The van der Waals surface area contributed by atoms with E-state index in [1.807, 2.05) is 23.6 Å². The molecule has 2 amide bonds. The first-order valence-corrected chi connectivity index (χ1v) is 11.7. The van der Waals surface area contributed by atoms with E-state index in [1.54, 1.807) is 6.92 Å². The number of aromatic amines is 1. The predicted molar refractivity (Wildman–Crippen MR) is 119 cm³/mol. The Balaban J connectivity index is 1.56. The number of aryl methyl sites for hydroxylation is 1. The number of rotatable bonds is 6. The number of carbonyl (C=O) groups is 3. The number of nitrogens with one attached hydrogen (secondary N) is 1. The van der Waals surface area contributed by atoms with E-state index in [0.29, 0.717) is 37.6 Å². The monoisotopic (exact) mass is 431 g/mol. The highest BCUT2D eigenvalue weighted by atomic mass is 16.5. The largest absolute Gasteiger partial charge is 0.461 e. The van der Waals surface area contributed by atoms with Gasteiger partial charge in [-0.05, 0) is 69.9 Å². The van der Waals surface area contributed by atoms with Crippen LogP contribution in [-0.4, -0.2) is 65.4 Å². The van der Waals surface area contributed by atoms with E-state index in [2.05, 4.69) is 11.9 Å². The fourth-order valence-corrected chi connectivity index (χ4v) is 4.85. The molecule has 0 saturated carbocycles. The number of esters is 1. The average molecular weight is 432 g/mol. The van der Waals surface area contributed by atoms with Gasteiger partial charge in [-0.3, -0.25) is 9.59 Å². The number of nitrogens with zero attached hydrogens (tertiary/aromatic N) is 2. The van der Waals surface area contributed by atoms with Gasteiger partial charge in [0.05, 0.1) is 12.5 Å². The summed E-state index contributed by atoms with van der Waals surface area (Å²) in [5.74, 6) is 0.573. The summed E-state index contributed by atoms with van der Waals surface area (Å²) in [6.45, 7) is 11.1. The molecule has 1 N–H and O–H groups in total. The van der Waals surface area contributed by atoms with Crippen molar-refractivity contribution in [3.05, 3.63) is 22.5 Å². The molecule has 0 aromatic carbocycles. The minimum absolute atomic E-state index is 0.0720. The molecule has 2 saturated heterocycles. The average Bonchev–Trinajstić information content (AvgIpc) is 3.05. The summed E-state index contributed by atoms with van der Waals surface area (Å²) in [5.41, 5.74) is 3.24. The number of amides is 2. The molecule has 1 aromatic rings. The molecule has 31 heavy (non-hydrogen) atoms. The fourth-order valence-electron chi connectivity index (χ4n) is 4.85. The Morgan fingerprint density at radius 3 is 2.45 bits per heavy atom. The number of carbonyl (C=O) groups excluding carboxylic acids is 3. The van der Waals surface area contributed by atoms with Crippen molar-refractivity contribution >= 4 is 17.8 Å². The maximum absolute atomic E-state index is 13.0. The minimum Gasteiger partial charge on any atom is -0.461 e. The lowest BCUT2D eigenvalue weighted by atomic mass is 9.93. The maximum atomic E-state index is 13.0. The van der Waals surface area contributed by atoms with E-state index >= 15 is 0 Å². The van der Waals surface area contributed by atoms with Crippen LogP contribution in [0.4, 0.5) is 0 Å². The third-order valence-corrected chi connectivity index (χ3v) is 6.88. The highest BCUT2D eigenvalue weighted by Crippen LogP contribution is 2.25. The molecule has 7 nitrogen and oxygen atoms in total. The molecule has 2 aliphatic heterocycles. The van der Waals surface area contributed by atoms with Gasteiger partial charge < -0.3 is 19.5 Å². The highest BCUT2D eigenvalue weighted by Gasteiger charge is 2.32. The molecule has 7 heteroatoms. The molecule has 1 atom stereocenters. The molecule has 1 unspecified atom stereocenters. The first-order chi connectivity index (χ1) is 14.8. The molecule has 3 rings (SSSR count). The van der Waals surface area contributed by atoms with Crippen molar-refractivity contribution in [1.82, 2.24) is 14.8 Å². The quantitative estimate of drug-likeness (QED) is 0.701. The van der Waals surface area contributed by atoms with Crippen LogP contribution in [0, 0.1) is 25.7 Å². The molecular weight excluding hydrogens is 394 g/mol. The Morgan fingerprint density at radius 1 is 1.06 bits per heavy atom. The van der Waals surface area contributed by atoms with Crippen molar-refractivity contribution in [2.75, 3.05) is 32.8 Å². The van der Waals surface area contributed by atoms with Gasteiger partial charge >= 0.3 is 5.97 Å². The van der Waals surface area contributed by atoms with Gasteiger partial charge in [0.2, 0.25) is 11.8 Å². The summed E-state index contributed by atoms with van der Waals surface area (Å²) >= 11 is 0. The third kappa shape index (κ3) is 5.49. The summed E-state index contributed by atoms with van der Waals surface area (Å²) in [4.78, 5) is 45.0. The van der Waals surface area contributed by atoms with Crippen molar-refractivity contribution in [1.29, 1.82) is 0 Å². The number of hydrogen-bond acceptors (Lipinski definition) is 4. The van der Waals surface area contributed by atoms with Crippen molar-refractivity contribution in [2.45, 2.75) is 66.2 Å². The predicted octanol–water partition coefficient (Wildman–Crippen LogP) is 3.24. The Kier molecular flexibility index (Phi) is 7.79. The Labute approximate surface area is 185 Å². The second-order valence-electron chi connectivity index (χ2n) is 9.14. The second-order valence-corrected chi connectivity index (χ2v) is 9.14. The van der Waals surface area contributed by atoms with Gasteiger partial charge in [-0.15, -0.1) is 0 Å². The number of likely N-dealkylation sites (tertiary alicyclic amines) is 2. The van der Waals surface area contributed by atoms with Gasteiger partial charge in [-0.2, -0.15) is 0 Å². The zero-order chi connectivity index (χ0) is 22.5. The van der Waals surface area contributed by atoms with E-state index in [-0.39, 0.29) is 23.7 Å². The smallest absolute Gasteiger partial charge is 0.355 e. The zero-order valence-electron chi connectivity index (χ0n) is 19.5. The van der Waals surface area contributed by atoms with Gasteiger partial charge in [0.25, 0.3) is 0 Å². The molecule has 0 bridgehead atoms. The van der Waals surface area contributed by atoms with Crippen LogP contribution in [0.5, 0.6) is 0 Å². The van der Waals surface area contributed by atoms with E-state index in [9.17, 15) is 14.4 Å². The maximum Gasteiger partial charge on any atom is 0.355 e. The van der Waals surface area contributed by atoms with E-state index in [4.69, 9.17) is 4.74 Å². The molecule has 0 aliphatic carbocycles. The number of H-pyrrole nitrogens is 1. The normalized spacial score (nSPS) is 20.1. The molecule has 0 radical (unpaired) electrons. The van der Waals surface area contributed by atoms with Gasteiger partial charge in [0.15, 0.2) is 0 Å². The Bertz CT molecular complexity index is 808. The van der Waals surface area contributed by atoms with Crippen molar-refractivity contribution < 1.29 is 19.1 Å². The topological polar surface area (TPSA) is 82.7 Å². The second kappa shape index (κ2) is 10.3. The Hall–Kier alpha value is -2.31. The van der Waals surface area contributed by atoms with E-state index in [1.165, 1.54) is 0 Å². The molecule has 1 aromatic heterocycles. The molecule has 172 valence electrons. The van der Waals surface area contributed by atoms with Crippen LogP contribution in [0.1, 0.15) is 73.3 Å². The summed E-state index contributed by atoms with van der Waals surface area (Å²) in [6.07, 6.45) is 4.85. The Morgan fingerprint density at radius 2 is 1.77 bits per heavy atom. The summed E-state index contributed by atoms with van der Waals surface area (Å²) in [7, 11) is 0. The number of hydrogen-bond donors (Lipinski definition) is 1. The van der Waals surface area contributed by atoms with Crippen LogP contribution in [0.2, 0.25) is 0 Å². The lowest BCUT2D eigenvalue weighted by molar-refractivity contribution is -0.141. The number of ether oxygens (including phenoxy) is 1. The SMILES string of the molecule is CCOC(=O)c1[nH]c(C)c(CCC(=O)N2CCCC(C(=O)N3CCC(C)CC3)C2)c1C. The summed E-state index contributed by atoms with van der Waals surface area (Å²) in [6, 6.07) is 0. The lowest BCUT2D eigenvalue weighted by Crippen LogP contribution is -2.48. The van der Waals surface area contributed by atoms with Crippen LogP contribution in [0.3, 0.4) is 0 Å². The van der Waals surface area contributed by atoms with Crippen LogP contribution >= 0.6 is 0 Å². The van der Waals surface area contributed by atoms with E-state index < -0.39 is 0 Å². The van der Waals surface area contributed by atoms with Crippen LogP contribution in [0.25, 0.3) is 0 Å². The first kappa shape index (κ1) is 23.4. The van der Waals surface area contributed by atoms with Gasteiger partial charge in [-0.1, -0.05) is 6.92 Å². The number of aromatic nitrogens is 1. The van der Waals surface area contributed by atoms with Crippen LogP contribution < -0.4 is 0 Å². The molecule has 2 fully saturated rings. The summed E-state index contributed by atoms with van der Waals surface area (Å²) in [5, 5.41) is 0. The molecule has 3 heterocycles. The molecule has 2 aliphatic rings. The first-order valence-electron chi connectivity index (χ1n) is 11.7. The zero-order valence-corrected chi connectivity index (χ0v) is 19.5. The van der Waals surface area contributed by atoms with Crippen molar-refractivity contribution in [2.24, 2.45) is 11.8 Å². The van der Waals surface area contributed by atoms with Gasteiger partial charge in [0.1, 0.15) is 5.69 Å². The van der Waals surface area contributed by atoms with Crippen molar-refractivity contribution in [3.63, 3.8) is 0 Å². The van der Waals surface area contributed by atoms with Crippen molar-refractivity contribution in [3.8, 4) is 0 Å². The van der Waals surface area contributed by atoms with Gasteiger partial charge in [0, 0.05) is 38.3 Å². The fraction of sp³-hybridized carbons (Fsp3) is 0.708. The van der Waals surface area contributed by atoms with Gasteiger partial charge in [-0.25, -0.2) is 4.79 Å². The number of piperidine rings is 2. The van der Waals surface area contributed by atoms with Crippen LogP contribution in [0.15, 0.2) is 0 Å². The molecule has 0 spiro atoms. The van der Waals surface area contributed by atoms with Crippen LogP contribution in [-0.2, 0) is 20.7 Å². The highest BCUT2D eigenvalue weighted by molar-refractivity contribution is 5.90. The minimum atomic E-state index is -0.356. The lowest BCUT2D eigenvalue weighted by Gasteiger charge is -2.37.